The second-order valence-electron chi connectivity index (χ2n) is 14.9. The summed E-state index contributed by atoms with van der Waals surface area (Å²) in [7, 11) is 0. The van der Waals surface area contributed by atoms with Crippen LogP contribution in [0.25, 0.3) is 10.9 Å². The lowest BCUT2D eigenvalue weighted by molar-refractivity contribution is -0.120. The maximum Gasteiger partial charge on any atom is 0.328 e. The van der Waals surface area contributed by atoms with E-state index in [4.69, 9.17) is 21.6 Å². The van der Waals surface area contributed by atoms with Crippen molar-refractivity contribution in [1.29, 1.82) is 5.26 Å². The van der Waals surface area contributed by atoms with E-state index in [-0.39, 0.29) is 42.4 Å². The maximum absolute atomic E-state index is 13.0. The third kappa shape index (κ3) is 8.52. The number of ether oxygens (including phenoxy) is 1. The molecule has 15 heteroatoms. The molecule has 1 atom stereocenters. The van der Waals surface area contributed by atoms with E-state index in [9.17, 15) is 14.4 Å². The normalized spacial score (nSPS) is 22.2. The molecule has 3 aliphatic heterocycles. The molecule has 0 radical (unpaired) electrons. The molecule has 8 rings (SSSR count). The largest absolute Gasteiger partial charge is 0.490 e. The highest BCUT2D eigenvalue weighted by atomic mass is 35.5. The Morgan fingerprint density at radius 3 is 2.51 bits per heavy atom. The molecule has 4 aliphatic rings. The van der Waals surface area contributed by atoms with Crippen LogP contribution in [0, 0.1) is 17.2 Å². The monoisotopic (exact) mass is 785 g/mol. The van der Waals surface area contributed by atoms with Crippen LogP contribution in [0.3, 0.4) is 0 Å². The van der Waals surface area contributed by atoms with Crippen molar-refractivity contribution in [3.8, 4) is 11.8 Å². The van der Waals surface area contributed by atoms with Crippen molar-refractivity contribution in [2.24, 2.45) is 5.92 Å². The number of amides is 4. The first-order chi connectivity index (χ1) is 26.3. The van der Waals surface area contributed by atoms with Crippen molar-refractivity contribution in [2.75, 3.05) is 49.1 Å². The van der Waals surface area contributed by atoms with E-state index in [1.807, 2.05) is 18.2 Å². The van der Waals surface area contributed by atoms with Gasteiger partial charge in [-0.25, -0.2) is 4.79 Å². The van der Waals surface area contributed by atoms with Gasteiger partial charge in [0.05, 0.1) is 27.9 Å². The summed E-state index contributed by atoms with van der Waals surface area (Å²) < 4.78 is 8.44. The number of fused-ring (bicyclic) bond motifs is 1. The van der Waals surface area contributed by atoms with Gasteiger partial charge >= 0.3 is 6.03 Å². The molecule has 5 heterocycles. The number of benzene rings is 2. The fraction of sp³-hybridized carbons (Fsp3) is 0.450. The number of urea groups is 1. The van der Waals surface area contributed by atoms with Gasteiger partial charge in [0.25, 0.3) is 5.91 Å². The van der Waals surface area contributed by atoms with Crippen molar-refractivity contribution in [1.82, 2.24) is 30.3 Å². The molecule has 2 aromatic carbocycles. The van der Waals surface area contributed by atoms with E-state index < -0.39 is 0 Å². The van der Waals surface area contributed by atoms with Crippen molar-refractivity contribution in [3.05, 3.63) is 77.1 Å². The first kappa shape index (κ1) is 38.4. The third-order valence-corrected chi connectivity index (χ3v) is 11.7. The quantitative estimate of drug-likeness (QED) is 0.205. The molecule has 4 fully saturated rings. The van der Waals surface area contributed by atoms with Crippen LogP contribution >= 0.6 is 24.0 Å². The smallest absolute Gasteiger partial charge is 0.328 e. The van der Waals surface area contributed by atoms with Crippen LogP contribution < -0.4 is 25.2 Å². The van der Waals surface area contributed by atoms with Gasteiger partial charge in [-0.2, -0.15) is 5.26 Å². The summed E-state index contributed by atoms with van der Waals surface area (Å²) in [6, 6.07) is 19.1. The third-order valence-electron chi connectivity index (χ3n) is 11.4. The lowest BCUT2D eigenvalue weighted by Gasteiger charge is -2.34. The fourth-order valence-electron chi connectivity index (χ4n) is 8.49. The number of piperidine rings is 1. The number of anilines is 2. The van der Waals surface area contributed by atoms with E-state index in [0.29, 0.717) is 47.0 Å². The highest BCUT2D eigenvalue weighted by molar-refractivity contribution is 6.31. The van der Waals surface area contributed by atoms with Crippen LogP contribution in [0.5, 0.6) is 5.75 Å². The molecular weight excluding hydrogens is 741 g/mol. The zero-order chi connectivity index (χ0) is 37.2. The van der Waals surface area contributed by atoms with Gasteiger partial charge in [-0.3, -0.25) is 19.8 Å². The predicted octanol–water partition coefficient (Wildman–Crippen LogP) is 6.11. The van der Waals surface area contributed by atoms with Crippen molar-refractivity contribution < 1.29 is 19.1 Å². The topological polar surface area (TPSA) is 149 Å². The first-order valence-corrected chi connectivity index (χ1v) is 19.4. The van der Waals surface area contributed by atoms with E-state index in [0.717, 1.165) is 100 Å². The molecule has 13 nitrogen and oxygen atoms in total. The molecule has 288 valence electrons. The number of imide groups is 1. The minimum absolute atomic E-state index is 0. The fourth-order valence-corrected chi connectivity index (χ4v) is 8.70. The summed E-state index contributed by atoms with van der Waals surface area (Å²) in [5.74, 6) is 1.63. The Kier molecular flexibility index (Phi) is 11.8. The molecule has 2 N–H and O–H groups in total. The van der Waals surface area contributed by atoms with E-state index >= 15 is 0 Å². The van der Waals surface area contributed by atoms with Crippen molar-refractivity contribution >= 4 is 64.3 Å². The van der Waals surface area contributed by atoms with Gasteiger partial charge in [-0.1, -0.05) is 17.7 Å². The first-order valence-electron chi connectivity index (χ1n) is 19.0. The van der Waals surface area contributed by atoms with Crippen LogP contribution in [0.4, 0.5) is 16.3 Å². The van der Waals surface area contributed by atoms with Crippen molar-refractivity contribution in [2.45, 2.75) is 69.6 Å². The summed E-state index contributed by atoms with van der Waals surface area (Å²) in [6.45, 7) is 5.31. The van der Waals surface area contributed by atoms with Crippen LogP contribution in [0.15, 0.2) is 60.8 Å². The van der Waals surface area contributed by atoms with Gasteiger partial charge in [-0.15, -0.1) is 22.6 Å². The van der Waals surface area contributed by atoms with Crippen LogP contribution in [-0.2, 0) is 4.79 Å². The molecule has 0 spiro atoms. The SMILES string of the molecule is Cl.N#Cc1ccc(OC2CCC(NC(=O)c3ccc(N4CCC(CN5CCC(n6ccc7c(N8CCC(=O)NC8=O)cccc76)C5)CC4)nn3)CC2)cc1Cl. The summed E-state index contributed by atoms with van der Waals surface area (Å²) >= 11 is 6.15. The molecule has 1 aliphatic carbocycles. The molecule has 4 amide bonds. The lowest BCUT2D eigenvalue weighted by atomic mass is 9.93. The Morgan fingerprint density at radius 1 is 0.964 bits per heavy atom. The van der Waals surface area contributed by atoms with Gasteiger partial charge in [0, 0.05) is 75.4 Å². The summed E-state index contributed by atoms with van der Waals surface area (Å²) in [5.41, 5.74) is 2.70. The minimum atomic E-state index is -0.359. The van der Waals surface area contributed by atoms with Crippen LogP contribution in [0.2, 0.25) is 5.02 Å². The average molecular weight is 787 g/mol. The Bertz CT molecular complexity index is 2070. The molecule has 1 unspecified atom stereocenters. The zero-order valence-corrected chi connectivity index (χ0v) is 32.1. The number of nitrogens with zero attached hydrogens (tertiary/aromatic N) is 7. The molecular formula is C40H45Cl2N9O4. The Labute approximate surface area is 331 Å². The number of halogens is 2. The maximum atomic E-state index is 13.0. The minimum Gasteiger partial charge on any atom is -0.490 e. The molecule has 4 aromatic rings. The summed E-state index contributed by atoms with van der Waals surface area (Å²) in [6.07, 6.45) is 8.91. The summed E-state index contributed by atoms with van der Waals surface area (Å²) in [4.78, 5) is 43.8. The lowest BCUT2D eigenvalue weighted by Crippen LogP contribution is -2.49. The average Bonchev–Trinajstić information content (AvgIpc) is 3.83. The number of carbonyl (C=O) groups excluding carboxylic acids is 3. The predicted molar refractivity (Wildman–Crippen MR) is 212 cm³/mol. The number of rotatable bonds is 9. The number of likely N-dealkylation sites (tertiary alicyclic amines) is 1. The molecule has 55 heavy (non-hydrogen) atoms. The van der Waals surface area contributed by atoms with Crippen LogP contribution in [0.1, 0.15) is 73.5 Å². The second kappa shape index (κ2) is 16.9. The molecule has 0 bridgehead atoms. The van der Waals surface area contributed by atoms with E-state index in [2.05, 4.69) is 59.6 Å². The van der Waals surface area contributed by atoms with Gasteiger partial charge in [0.1, 0.15) is 11.8 Å². The number of nitriles is 1. The van der Waals surface area contributed by atoms with Gasteiger partial charge in [-0.05, 0) is 93.3 Å². The zero-order valence-electron chi connectivity index (χ0n) is 30.5. The standard InChI is InChI=1S/C40H44ClN9O4.ClH/c41-33-22-31(7-4-27(33)23-42)54-30-8-5-28(6-9-30)43-39(52)34-10-11-37(46-45-34)48-18-12-26(13-19-48)24-47-17-14-29(25-47)49-20-15-32-35(49)2-1-3-36(32)50-21-16-38(51)44-40(50)53;/h1-4,7,10-11,15,20,22,26,28-30H,5-6,8-9,12-14,16-19,21,24-25H2,(H,43,52)(H,44,51,53);1H. The molecule has 2 aromatic heterocycles. The Hall–Kier alpha value is -4.90. The highest BCUT2D eigenvalue weighted by Gasteiger charge is 2.31. The second-order valence-corrected chi connectivity index (χ2v) is 15.3. The van der Waals surface area contributed by atoms with Crippen LogP contribution in [-0.4, -0.2) is 88.9 Å². The van der Waals surface area contributed by atoms with Crippen molar-refractivity contribution in [3.63, 3.8) is 0 Å². The Balaban J connectivity index is 0.00000465. The summed E-state index contributed by atoms with van der Waals surface area (Å²) in [5, 5.41) is 24.8. The van der Waals surface area contributed by atoms with Gasteiger partial charge in [0.15, 0.2) is 11.5 Å². The number of nitrogens with one attached hydrogen (secondary N) is 2. The molecule has 1 saturated carbocycles. The van der Waals surface area contributed by atoms with E-state index in [1.54, 1.807) is 29.2 Å². The number of hydrogen-bond acceptors (Lipinski definition) is 9. The van der Waals surface area contributed by atoms with Gasteiger partial charge in [0.2, 0.25) is 5.91 Å². The number of carbonyl (C=O) groups is 3. The Morgan fingerprint density at radius 2 is 1.78 bits per heavy atom. The van der Waals surface area contributed by atoms with Gasteiger partial charge < -0.3 is 24.4 Å². The number of aromatic nitrogens is 3. The highest BCUT2D eigenvalue weighted by Crippen LogP contribution is 2.34. The van der Waals surface area contributed by atoms with E-state index in [1.165, 1.54) is 0 Å². The molecule has 3 saturated heterocycles. The number of hydrogen-bond donors (Lipinski definition) is 2.